The predicted molar refractivity (Wildman–Crippen MR) is 125 cm³/mol. The maximum atomic E-state index is 15.1. The average Bonchev–Trinajstić information content (AvgIpc) is 2.83. The Hall–Kier alpha value is -3.38. The summed E-state index contributed by atoms with van der Waals surface area (Å²) in [4.78, 5) is 25.0. The first-order valence-corrected chi connectivity index (χ1v) is 11.0. The number of amides is 2. The number of carbonyl (C=O) groups excluding carboxylic acids is 2. The maximum absolute atomic E-state index is 15.1. The van der Waals surface area contributed by atoms with Crippen molar-refractivity contribution in [1.82, 2.24) is 5.32 Å². The molecule has 3 aromatic rings. The van der Waals surface area contributed by atoms with E-state index in [-0.39, 0.29) is 34.4 Å². The van der Waals surface area contributed by atoms with E-state index in [0.29, 0.717) is 0 Å². The zero-order valence-electron chi connectivity index (χ0n) is 18.8. The van der Waals surface area contributed by atoms with E-state index in [2.05, 4.69) is 10.6 Å². The van der Waals surface area contributed by atoms with Crippen LogP contribution in [0.3, 0.4) is 0 Å². The van der Waals surface area contributed by atoms with Crippen molar-refractivity contribution in [2.75, 3.05) is 12.4 Å². The fourth-order valence-electron chi connectivity index (χ4n) is 3.53. The fourth-order valence-corrected chi connectivity index (χ4v) is 4.11. The first-order chi connectivity index (χ1) is 17.5. The Labute approximate surface area is 219 Å². The van der Waals surface area contributed by atoms with Crippen LogP contribution in [-0.2, 0) is 5.67 Å². The molecule has 0 fully saturated rings. The van der Waals surface area contributed by atoms with Gasteiger partial charge in [0.15, 0.2) is 0 Å². The lowest BCUT2D eigenvalue weighted by Gasteiger charge is -2.30. The normalized spacial score (nSPS) is 12.3. The van der Waals surface area contributed by atoms with Crippen LogP contribution in [0.1, 0.15) is 26.3 Å². The van der Waals surface area contributed by atoms with Crippen molar-refractivity contribution in [3.05, 3.63) is 87.2 Å². The molecule has 0 aromatic heterocycles. The first-order valence-electron chi connectivity index (χ1n) is 10.3. The lowest BCUT2D eigenvalue weighted by atomic mass is 9.93. The van der Waals surface area contributed by atoms with Gasteiger partial charge in [-0.25, -0.2) is 8.78 Å². The Morgan fingerprint density at radius 1 is 0.737 bits per heavy atom. The molecule has 202 valence electrons. The molecule has 0 spiro atoms. The zero-order chi connectivity index (χ0) is 28.6. The molecule has 14 heteroatoms. The van der Waals surface area contributed by atoms with Crippen LogP contribution >= 0.6 is 23.2 Å². The van der Waals surface area contributed by atoms with E-state index < -0.39 is 56.9 Å². The van der Waals surface area contributed by atoms with E-state index in [1.165, 1.54) is 49.5 Å². The highest BCUT2D eigenvalue weighted by Gasteiger charge is 2.73. The third-order valence-electron chi connectivity index (χ3n) is 5.39. The highest BCUT2D eigenvalue weighted by Crippen LogP contribution is 2.54. The van der Waals surface area contributed by atoms with Crippen LogP contribution in [-0.4, -0.2) is 31.2 Å². The van der Waals surface area contributed by atoms with Gasteiger partial charge in [0.1, 0.15) is 5.82 Å². The minimum atomic E-state index is -6.41. The summed E-state index contributed by atoms with van der Waals surface area (Å²) >= 11 is 11.6. The molecule has 0 atom stereocenters. The number of rotatable bonds is 5. The smallest absolute Gasteiger partial charge is 0.355 e. The second-order valence-electron chi connectivity index (χ2n) is 7.71. The molecular formula is C24H14Cl2F8N2O2. The van der Waals surface area contributed by atoms with Crippen molar-refractivity contribution in [3.63, 3.8) is 0 Å². The van der Waals surface area contributed by atoms with Crippen LogP contribution in [0.25, 0.3) is 11.1 Å². The lowest BCUT2D eigenvalue weighted by Crippen LogP contribution is -2.50. The van der Waals surface area contributed by atoms with Crippen molar-refractivity contribution in [3.8, 4) is 11.1 Å². The molecule has 3 rings (SSSR count). The zero-order valence-corrected chi connectivity index (χ0v) is 20.3. The number of halogens is 10. The number of nitrogens with one attached hydrogen (secondary N) is 2. The summed E-state index contributed by atoms with van der Waals surface area (Å²) in [6.45, 7) is 0. The number of hydrogen-bond acceptors (Lipinski definition) is 2. The van der Waals surface area contributed by atoms with E-state index >= 15 is 4.39 Å². The van der Waals surface area contributed by atoms with Gasteiger partial charge in [-0.2, -0.15) is 26.3 Å². The van der Waals surface area contributed by atoms with Gasteiger partial charge in [-0.3, -0.25) is 9.59 Å². The van der Waals surface area contributed by atoms with Gasteiger partial charge < -0.3 is 10.6 Å². The van der Waals surface area contributed by atoms with Crippen LogP contribution < -0.4 is 10.6 Å². The molecule has 0 bridgehead atoms. The quantitative estimate of drug-likeness (QED) is 0.302. The molecule has 4 nitrogen and oxygen atoms in total. The molecule has 0 unspecified atom stereocenters. The Morgan fingerprint density at radius 3 is 1.76 bits per heavy atom. The van der Waals surface area contributed by atoms with Gasteiger partial charge in [-0.1, -0.05) is 53.5 Å². The Kier molecular flexibility index (Phi) is 7.99. The lowest BCUT2D eigenvalue weighted by molar-refractivity contribution is -0.348. The molecule has 0 radical (unpaired) electrons. The average molecular weight is 585 g/mol. The number of anilines is 1. The molecule has 0 aliphatic heterocycles. The van der Waals surface area contributed by atoms with E-state index in [1.807, 2.05) is 0 Å². The van der Waals surface area contributed by atoms with Gasteiger partial charge in [0, 0.05) is 23.7 Å². The predicted octanol–water partition coefficient (Wildman–Crippen LogP) is 7.70. The molecule has 3 aromatic carbocycles. The van der Waals surface area contributed by atoms with Gasteiger partial charge in [-0.05, 0) is 29.8 Å². The van der Waals surface area contributed by atoms with Crippen molar-refractivity contribution >= 4 is 40.7 Å². The minimum Gasteiger partial charge on any atom is -0.355 e. The molecule has 38 heavy (non-hydrogen) atoms. The van der Waals surface area contributed by atoms with Gasteiger partial charge in [0.25, 0.3) is 11.8 Å². The van der Waals surface area contributed by atoms with Gasteiger partial charge in [-0.15, -0.1) is 0 Å². The van der Waals surface area contributed by atoms with Crippen LogP contribution in [0, 0.1) is 5.82 Å². The Balaban J connectivity index is 2.06. The van der Waals surface area contributed by atoms with Crippen molar-refractivity contribution in [2.45, 2.75) is 18.0 Å². The molecule has 0 saturated carbocycles. The fraction of sp³-hybridized carbons (Fsp3) is 0.167. The largest absolute Gasteiger partial charge is 0.435 e. The number of carbonyl (C=O) groups is 2. The van der Waals surface area contributed by atoms with Crippen LogP contribution in [0.15, 0.2) is 54.6 Å². The molecule has 0 saturated heterocycles. The minimum absolute atomic E-state index is 0.0194. The second-order valence-corrected chi connectivity index (χ2v) is 8.53. The van der Waals surface area contributed by atoms with Crippen LogP contribution in [0.2, 0.25) is 10.0 Å². The number of alkyl halides is 7. The topological polar surface area (TPSA) is 58.2 Å². The van der Waals surface area contributed by atoms with Gasteiger partial charge >= 0.3 is 18.0 Å². The highest BCUT2D eigenvalue weighted by atomic mass is 35.5. The second kappa shape index (κ2) is 10.4. The Bertz CT molecular complexity index is 1370. The first kappa shape index (κ1) is 29.2. The van der Waals surface area contributed by atoms with E-state index in [9.17, 15) is 40.3 Å². The summed E-state index contributed by atoms with van der Waals surface area (Å²) in [6, 6.07) is 9.31. The highest BCUT2D eigenvalue weighted by molar-refractivity contribution is 6.40. The summed E-state index contributed by atoms with van der Waals surface area (Å²) < 4.78 is 108. The van der Waals surface area contributed by atoms with E-state index in [1.54, 1.807) is 0 Å². The summed E-state index contributed by atoms with van der Waals surface area (Å²) in [6.07, 6.45) is -12.8. The Morgan fingerprint density at radius 2 is 1.24 bits per heavy atom. The molecule has 0 heterocycles. The van der Waals surface area contributed by atoms with Crippen LogP contribution in [0.4, 0.5) is 40.8 Å². The maximum Gasteiger partial charge on any atom is 0.435 e. The molecule has 2 amide bonds. The summed E-state index contributed by atoms with van der Waals surface area (Å²) in [5, 5.41) is 2.54. The van der Waals surface area contributed by atoms with Crippen molar-refractivity contribution in [1.29, 1.82) is 0 Å². The molecule has 0 aliphatic rings. The van der Waals surface area contributed by atoms with E-state index in [4.69, 9.17) is 23.2 Å². The summed E-state index contributed by atoms with van der Waals surface area (Å²) in [5.74, 6) is -2.75. The third kappa shape index (κ3) is 5.14. The third-order valence-corrected chi connectivity index (χ3v) is 5.99. The molecule has 2 N–H and O–H groups in total. The monoisotopic (exact) mass is 584 g/mol. The van der Waals surface area contributed by atoms with Crippen molar-refractivity contribution < 1.29 is 44.7 Å². The van der Waals surface area contributed by atoms with E-state index in [0.717, 1.165) is 0 Å². The molecule has 0 aliphatic carbocycles. The SMILES string of the molecule is CNC(=O)c1cccc(-c2ccccc2C(=O)Nc2c(Cl)cc(C(F)(C(F)(F)F)C(F)(F)F)cc2Cl)c1F. The summed E-state index contributed by atoms with van der Waals surface area (Å²) in [5.41, 5.74) is -9.10. The van der Waals surface area contributed by atoms with Crippen LogP contribution in [0.5, 0.6) is 0 Å². The van der Waals surface area contributed by atoms with Crippen molar-refractivity contribution in [2.24, 2.45) is 0 Å². The molecular weight excluding hydrogens is 571 g/mol. The standard InChI is InChI=1S/C24H14Cl2F8N2O2/c1-35-20(37)15-8-4-7-13(18(15)27)12-5-2-3-6-14(12)21(38)36-19-16(25)9-11(10-17(19)26)22(28,23(29,30)31)24(32,33)34/h2-10H,1H3,(H,35,37)(H,36,38). The number of hydrogen-bond donors (Lipinski definition) is 2. The summed E-state index contributed by atoms with van der Waals surface area (Å²) in [7, 11) is 1.28. The van der Waals surface area contributed by atoms with Gasteiger partial charge in [0.05, 0.1) is 21.3 Å². The number of benzene rings is 3. The van der Waals surface area contributed by atoms with Gasteiger partial charge in [0.2, 0.25) is 0 Å².